The van der Waals surface area contributed by atoms with E-state index in [4.69, 9.17) is 23.8 Å². The number of rotatable bonds is 1. The molecule has 1 amide bonds. The summed E-state index contributed by atoms with van der Waals surface area (Å²) < 4.78 is 0. The SMILES string of the molecule is CN1C(=O)C(=Cc2ccc(Cl)cc2)NC1=S. The van der Waals surface area contributed by atoms with Gasteiger partial charge < -0.3 is 5.32 Å². The van der Waals surface area contributed by atoms with E-state index < -0.39 is 0 Å². The average Bonchev–Trinajstić information content (AvgIpc) is 2.50. The van der Waals surface area contributed by atoms with Gasteiger partial charge in [0.25, 0.3) is 5.91 Å². The molecule has 1 aromatic carbocycles. The number of carbonyl (C=O) groups is 1. The zero-order valence-corrected chi connectivity index (χ0v) is 10.1. The summed E-state index contributed by atoms with van der Waals surface area (Å²) in [6.07, 6.45) is 1.74. The minimum Gasteiger partial charge on any atom is -0.328 e. The molecular weight excluding hydrogens is 244 g/mol. The van der Waals surface area contributed by atoms with Gasteiger partial charge in [0.2, 0.25) is 0 Å². The van der Waals surface area contributed by atoms with Crippen molar-refractivity contribution in [3.05, 3.63) is 40.5 Å². The molecule has 5 heteroatoms. The van der Waals surface area contributed by atoms with Crippen molar-refractivity contribution < 1.29 is 4.79 Å². The quantitative estimate of drug-likeness (QED) is 0.613. The van der Waals surface area contributed by atoms with Crippen LogP contribution >= 0.6 is 23.8 Å². The summed E-state index contributed by atoms with van der Waals surface area (Å²) in [6.45, 7) is 0. The number of likely N-dealkylation sites (N-methyl/N-ethyl adjacent to an activating group) is 1. The number of benzene rings is 1. The summed E-state index contributed by atoms with van der Waals surface area (Å²) in [4.78, 5) is 13.1. The van der Waals surface area contributed by atoms with Crippen LogP contribution in [0.15, 0.2) is 30.0 Å². The molecule has 0 spiro atoms. The number of hydrogen-bond donors (Lipinski definition) is 1. The molecule has 0 aliphatic carbocycles. The van der Waals surface area contributed by atoms with Crippen LogP contribution in [0.4, 0.5) is 0 Å². The Morgan fingerprint density at radius 1 is 1.38 bits per heavy atom. The standard InChI is InChI=1S/C11H9ClN2OS/c1-14-10(15)9(13-11(14)16)6-7-2-4-8(12)5-3-7/h2-6H,1H3,(H,13,16). The molecule has 0 unspecified atom stereocenters. The Morgan fingerprint density at radius 2 is 2.00 bits per heavy atom. The lowest BCUT2D eigenvalue weighted by molar-refractivity contribution is -0.121. The Kier molecular flexibility index (Phi) is 2.94. The molecule has 1 heterocycles. The van der Waals surface area contributed by atoms with Crippen LogP contribution in [-0.4, -0.2) is 23.0 Å². The first-order chi connectivity index (χ1) is 7.58. The highest BCUT2D eigenvalue weighted by Gasteiger charge is 2.26. The highest BCUT2D eigenvalue weighted by molar-refractivity contribution is 7.80. The largest absolute Gasteiger partial charge is 0.328 e. The van der Waals surface area contributed by atoms with Gasteiger partial charge in [0.15, 0.2) is 5.11 Å². The van der Waals surface area contributed by atoms with Crippen molar-refractivity contribution in [2.45, 2.75) is 0 Å². The van der Waals surface area contributed by atoms with Crippen LogP contribution < -0.4 is 5.32 Å². The molecule has 0 aromatic heterocycles. The summed E-state index contributed by atoms with van der Waals surface area (Å²) in [6, 6.07) is 7.22. The van der Waals surface area contributed by atoms with Crippen molar-refractivity contribution in [1.29, 1.82) is 0 Å². The van der Waals surface area contributed by atoms with Crippen LogP contribution in [-0.2, 0) is 4.79 Å². The van der Waals surface area contributed by atoms with Gasteiger partial charge in [-0.1, -0.05) is 23.7 Å². The number of carbonyl (C=O) groups excluding carboxylic acids is 1. The Balaban J connectivity index is 2.29. The molecule has 82 valence electrons. The minimum atomic E-state index is -0.125. The second-order valence-corrected chi connectivity index (χ2v) is 4.23. The van der Waals surface area contributed by atoms with Crippen molar-refractivity contribution in [2.75, 3.05) is 7.05 Å². The topological polar surface area (TPSA) is 32.3 Å². The molecule has 1 aromatic rings. The van der Waals surface area contributed by atoms with Gasteiger partial charge in [0, 0.05) is 12.1 Å². The fourth-order valence-corrected chi connectivity index (χ4v) is 1.67. The van der Waals surface area contributed by atoms with Gasteiger partial charge in [0.1, 0.15) is 5.70 Å². The third-order valence-electron chi connectivity index (χ3n) is 2.26. The predicted octanol–water partition coefficient (Wildman–Crippen LogP) is 2.03. The van der Waals surface area contributed by atoms with Gasteiger partial charge in [-0.15, -0.1) is 0 Å². The summed E-state index contributed by atoms with van der Waals surface area (Å²) >= 11 is 10.7. The van der Waals surface area contributed by atoms with Gasteiger partial charge in [-0.25, -0.2) is 0 Å². The van der Waals surface area contributed by atoms with Gasteiger partial charge in [-0.2, -0.15) is 0 Å². The van der Waals surface area contributed by atoms with Gasteiger partial charge in [-0.3, -0.25) is 9.69 Å². The first kappa shape index (κ1) is 11.1. The predicted molar refractivity (Wildman–Crippen MR) is 67.9 cm³/mol. The van der Waals surface area contributed by atoms with E-state index in [9.17, 15) is 4.79 Å². The highest BCUT2D eigenvalue weighted by Crippen LogP contribution is 2.15. The molecular formula is C11H9ClN2OS. The van der Waals surface area contributed by atoms with E-state index >= 15 is 0 Å². The number of hydrogen-bond acceptors (Lipinski definition) is 2. The maximum absolute atomic E-state index is 11.7. The first-order valence-electron chi connectivity index (χ1n) is 4.64. The van der Waals surface area contributed by atoms with E-state index in [-0.39, 0.29) is 5.91 Å². The molecule has 0 saturated carbocycles. The summed E-state index contributed by atoms with van der Waals surface area (Å²) in [5.74, 6) is -0.125. The smallest absolute Gasteiger partial charge is 0.276 e. The van der Waals surface area contributed by atoms with Crippen LogP contribution in [0, 0.1) is 0 Å². The van der Waals surface area contributed by atoms with Crippen molar-refractivity contribution in [3.8, 4) is 0 Å². The van der Waals surface area contributed by atoms with E-state index in [0.717, 1.165) is 5.56 Å². The molecule has 16 heavy (non-hydrogen) atoms. The molecule has 1 aliphatic rings. The number of nitrogens with zero attached hydrogens (tertiary/aromatic N) is 1. The summed E-state index contributed by atoms with van der Waals surface area (Å²) in [5, 5.41) is 3.94. The molecule has 1 N–H and O–H groups in total. The zero-order valence-electron chi connectivity index (χ0n) is 8.53. The first-order valence-corrected chi connectivity index (χ1v) is 5.43. The van der Waals surface area contributed by atoms with Gasteiger partial charge in [0.05, 0.1) is 0 Å². The van der Waals surface area contributed by atoms with E-state index in [1.54, 1.807) is 25.3 Å². The minimum absolute atomic E-state index is 0.125. The third-order valence-corrected chi connectivity index (χ3v) is 2.89. The average molecular weight is 253 g/mol. The Bertz CT molecular complexity index is 481. The number of amides is 1. The Labute approximate surface area is 104 Å². The third kappa shape index (κ3) is 2.08. The lowest BCUT2D eigenvalue weighted by Gasteiger charge is -2.02. The summed E-state index contributed by atoms with van der Waals surface area (Å²) in [5.41, 5.74) is 1.38. The molecule has 2 rings (SSSR count). The van der Waals surface area contributed by atoms with Crippen LogP contribution in [0.5, 0.6) is 0 Å². The van der Waals surface area contributed by atoms with Crippen molar-refractivity contribution in [3.63, 3.8) is 0 Å². The summed E-state index contributed by atoms with van der Waals surface area (Å²) in [7, 11) is 1.64. The lowest BCUT2D eigenvalue weighted by atomic mass is 10.2. The number of thiocarbonyl (C=S) groups is 1. The maximum Gasteiger partial charge on any atom is 0.276 e. The fourth-order valence-electron chi connectivity index (χ4n) is 1.35. The van der Waals surface area contributed by atoms with Gasteiger partial charge >= 0.3 is 0 Å². The van der Waals surface area contributed by atoms with E-state index in [1.807, 2.05) is 12.1 Å². The fraction of sp³-hybridized carbons (Fsp3) is 0.0909. The van der Waals surface area contributed by atoms with E-state index in [1.165, 1.54) is 4.90 Å². The Morgan fingerprint density at radius 3 is 2.50 bits per heavy atom. The van der Waals surface area contributed by atoms with E-state index in [0.29, 0.717) is 15.8 Å². The lowest BCUT2D eigenvalue weighted by Crippen LogP contribution is -2.25. The van der Waals surface area contributed by atoms with Crippen LogP contribution in [0.1, 0.15) is 5.56 Å². The molecule has 1 saturated heterocycles. The van der Waals surface area contributed by atoms with Crippen LogP contribution in [0.2, 0.25) is 5.02 Å². The van der Waals surface area contributed by atoms with Crippen molar-refractivity contribution in [2.24, 2.45) is 0 Å². The molecule has 0 bridgehead atoms. The zero-order chi connectivity index (χ0) is 11.7. The number of halogens is 1. The van der Waals surface area contributed by atoms with Crippen LogP contribution in [0.25, 0.3) is 6.08 Å². The maximum atomic E-state index is 11.7. The molecule has 3 nitrogen and oxygen atoms in total. The molecule has 1 fully saturated rings. The molecule has 0 radical (unpaired) electrons. The molecule has 1 aliphatic heterocycles. The Hall–Kier alpha value is -1.39. The monoisotopic (exact) mass is 252 g/mol. The van der Waals surface area contributed by atoms with E-state index in [2.05, 4.69) is 5.32 Å². The van der Waals surface area contributed by atoms with Crippen LogP contribution in [0.3, 0.4) is 0 Å². The normalized spacial score (nSPS) is 18.1. The number of nitrogens with one attached hydrogen (secondary N) is 1. The van der Waals surface area contributed by atoms with Gasteiger partial charge in [-0.05, 0) is 36.0 Å². The highest BCUT2D eigenvalue weighted by atomic mass is 35.5. The molecule has 0 atom stereocenters. The second kappa shape index (κ2) is 4.23. The van der Waals surface area contributed by atoms with Crippen molar-refractivity contribution >= 4 is 40.9 Å². The van der Waals surface area contributed by atoms with Crippen molar-refractivity contribution in [1.82, 2.24) is 10.2 Å². The second-order valence-electron chi connectivity index (χ2n) is 3.40.